The smallest absolute Gasteiger partial charge is 0.173 e. The van der Waals surface area contributed by atoms with E-state index >= 15 is 0 Å². The summed E-state index contributed by atoms with van der Waals surface area (Å²) in [5, 5.41) is 0. The summed E-state index contributed by atoms with van der Waals surface area (Å²) >= 11 is 0. The number of Topliss-reactive ketones (excluding diaryl/α,β-unsaturated/α-hetero) is 1. The number of allylic oxidation sites excluding steroid dienone is 2. The minimum Gasteiger partial charge on any atom is -0.347 e. The Bertz CT molecular complexity index is 640. The van der Waals surface area contributed by atoms with Crippen LogP contribution in [0, 0.1) is 28.1 Å². The largest absolute Gasteiger partial charge is 0.347 e. The normalized spacial score (nSPS) is 45.4. The Morgan fingerprint density at radius 2 is 1.56 bits per heavy atom. The summed E-state index contributed by atoms with van der Waals surface area (Å²) in [6.07, 6.45) is 5.14. The molecule has 0 radical (unpaired) electrons. The van der Waals surface area contributed by atoms with Gasteiger partial charge in [-0.15, -0.1) is 0 Å². The topological polar surface area (TPSA) is 35.5 Å². The molecule has 1 heterocycles. The van der Waals surface area contributed by atoms with Crippen molar-refractivity contribution in [3.05, 3.63) is 11.1 Å². The Balaban J connectivity index is 1.78. The third kappa shape index (κ3) is 2.03. The quantitative estimate of drug-likeness (QED) is 0.626. The molecule has 3 fully saturated rings. The van der Waals surface area contributed by atoms with Gasteiger partial charge in [0.25, 0.3) is 0 Å². The molecule has 4 aliphatic rings. The SMILES string of the molecule is CC1=C(C)[C@]2(C)CC[C@H]3C(C)(C)C4(CC[C@]3(C)[C@H]2CC1=O)OCCO4. The van der Waals surface area contributed by atoms with Crippen molar-refractivity contribution < 1.29 is 14.3 Å². The van der Waals surface area contributed by atoms with Gasteiger partial charge in [-0.05, 0) is 61.3 Å². The molecule has 0 amide bonds. The zero-order valence-electron chi connectivity index (χ0n) is 16.8. The van der Waals surface area contributed by atoms with Gasteiger partial charge in [-0.1, -0.05) is 33.3 Å². The molecule has 3 nitrogen and oxygen atoms in total. The summed E-state index contributed by atoms with van der Waals surface area (Å²) in [7, 11) is 0. The minimum atomic E-state index is -0.412. The van der Waals surface area contributed by atoms with E-state index in [9.17, 15) is 4.79 Å². The number of carbonyl (C=O) groups is 1. The van der Waals surface area contributed by atoms with Crippen LogP contribution in [0.3, 0.4) is 0 Å². The Hall–Kier alpha value is -0.670. The van der Waals surface area contributed by atoms with E-state index in [1.807, 2.05) is 6.92 Å². The predicted octanol–water partition coefficient (Wildman–Crippen LogP) is 4.90. The van der Waals surface area contributed by atoms with Crippen LogP contribution in [-0.2, 0) is 14.3 Å². The van der Waals surface area contributed by atoms with Gasteiger partial charge in [0.2, 0.25) is 0 Å². The Morgan fingerprint density at radius 1 is 0.920 bits per heavy atom. The summed E-state index contributed by atoms with van der Waals surface area (Å²) in [4.78, 5) is 12.7. The van der Waals surface area contributed by atoms with Crippen LogP contribution in [0.15, 0.2) is 11.1 Å². The first-order chi connectivity index (χ1) is 11.6. The Kier molecular flexibility index (Phi) is 3.68. The lowest BCUT2D eigenvalue weighted by Gasteiger charge is -2.66. The highest BCUT2D eigenvalue weighted by molar-refractivity contribution is 5.97. The molecule has 2 saturated carbocycles. The van der Waals surface area contributed by atoms with Crippen LogP contribution in [0.1, 0.15) is 73.6 Å². The van der Waals surface area contributed by atoms with Gasteiger partial charge in [0.15, 0.2) is 11.6 Å². The fraction of sp³-hybridized carbons (Fsp3) is 0.864. The van der Waals surface area contributed by atoms with Crippen LogP contribution < -0.4 is 0 Å². The van der Waals surface area contributed by atoms with Gasteiger partial charge in [-0.25, -0.2) is 0 Å². The molecular weight excluding hydrogens is 312 g/mol. The number of ether oxygens (including phenoxy) is 2. The highest BCUT2D eigenvalue weighted by Crippen LogP contribution is 2.70. The van der Waals surface area contributed by atoms with E-state index in [1.54, 1.807) is 0 Å². The second-order valence-corrected chi connectivity index (χ2v) is 10.1. The molecule has 1 spiro atoms. The number of fused-ring (bicyclic) bond motifs is 3. The third-order valence-electron chi connectivity index (χ3n) is 9.14. The lowest BCUT2D eigenvalue weighted by atomic mass is 9.39. The van der Waals surface area contributed by atoms with Crippen molar-refractivity contribution in [2.75, 3.05) is 13.2 Å². The summed E-state index contributed by atoms with van der Waals surface area (Å²) in [5.74, 6) is 0.926. The second kappa shape index (κ2) is 5.19. The molecule has 0 aromatic carbocycles. The number of ketones is 1. The van der Waals surface area contributed by atoms with Gasteiger partial charge in [-0.2, -0.15) is 0 Å². The molecule has 0 bridgehead atoms. The molecule has 0 N–H and O–H groups in total. The van der Waals surface area contributed by atoms with Crippen molar-refractivity contribution in [3.8, 4) is 0 Å². The predicted molar refractivity (Wildman–Crippen MR) is 98.1 cm³/mol. The van der Waals surface area contributed by atoms with Crippen molar-refractivity contribution in [2.45, 2.75) is 79.4 Å². The molecule has 0 unspecified atom stereocenters. The molecule has 4 rings (SSSR count). The van der Waals surface area contributed by atoms with Gasteiger partial charge in [-0.3, -0.25) is 4.79 Å². The zero-order chi connectivity index (χ0) is 18.3. The highest BCUT2D eigenvalue weighted by atomic mass is 16.7. The molecule has 0 aromatic heterocycles. The highest BCUT2D eigenvalue weighted by Gasteiger charge is 2.67. The first-order valence-corrected chi connectivity index (χ1v) is 10.1. The van der Waals surface area contributed by atoms with Gasteiger partial charge >= 0.3 is 0 Å². The van der Waals surface area contributed by atoms with Gasteiger partial charge in [0.1, 0.15) is 0 Å². The van der Waals surface area contributed by atoms with E-state index in [-0.39, 0.29) is 16.2 Å². The van der Waals surface area contributed by atoms with Crippen LogP contribution in [0.25, 0.3) is 0 Å². The van der Waals surface area contributed by atoms with Crippen molar-refractivity contribution >= 4 is 5.78 Å². The fourth-order valence-corrected chi connectivity index (χ4v) is 7.33. The summed E-state index contributed by atoms with van der Waals surface area (Å²) in [6, 6.07) is 0. The van der Waals surface area contributed by atoms with E-state index in [4.69, 9.17) is 9.47 Å². The van der Waals surface area contributed by atoms with Gasteiger partial charge in [0, 0.05) is 18.3 Å². The summed E-state index contributed by atoms with van der Waals surface area (Å²) < 4.78 is 12.4. The average Bonchev–Trinajstić information content (AvgIpc) is 3.03. The fourth-order valence-electron chi connectivity index (χ4n) is 7.33. The monoisotopic (exact) mass is 346 g/mol. The van der Waals surface area contributed by atoms with E-state index in [0.717, 1.165) is 24.8 Å². The van der Waals surface area contributed by atoms with Crippen molar-refractivity contribution in [1.29, 1.82) is 0 Å². The molecule has 0 aromatic rings. The zero-order valence-corrected chi connectivity index (χ0v) is 16.8. The molecule has 25 heavy (non-hydrogen) atoms. The Morgan fingerprint density at radius 3 is 2.20 bits per heavy atom. The molecule has 3 heteroatoms. The van der Waals surface area contributed by atoms with Crippen molar-refractivity contribution in [3.63, 3.8) is 0 Å². The van der Waals surface area contributed by atoms with Crippen LogP contribution in [0.5, 0.6) is 0 Å². The van der Waals surface area contributed by atoms with Crippen molar-refractivity contribution in [2.24, 2.45) is 28.1 Å². The van der Waals surface area contributed by atoms with Crippen LogP contribution >= 0.6 is 0 Å². The van der Waals surface area contributed by atoms with E-state index in [0.29, 0.717) is 30.8 Å². The number of hydrogen-bond acceptors (Lipinski definition) is 3. The molecule has 4 atom stereocenters. The first kappa shape index (κ1) is 17.7. The van der Waals surface area contributed by atoms with E-state index < -0.39 is 5.79 Å². The second-order valence-electron chi connectivity index (χ2n) is 10.1. The van der Waals surface area contributed by atoms with Crippen LogP contribution in [0.2, 0.25) is 0 Å². The summed E-state index contributed by atoms with van der Waals surface area (Å²) in [6.45, 7) is 15.3. The average molecular weight is 347 g/mol. The number of hydrogen-bond donors (Lipinski definition) is 0. The maximum Gasteiger partial charge on any atom is 0.173 e. The maximum atomic E-state index is 12.7. The third-order valence-corrected chi connectivity index (χ3v) is 9.14. The number of carbonyl (C=O) groups excluding carboxylic acids is 1. The molecule has 1 saturated heterocycles. The summed E-state index contributed by atoms with van der Waals surface area (Å²) in [5.41, 5.74) is 2.69. The molecule has 140 valence electrons. The number of rotatable bonds is 0. The molecule has 1 aliphatic heterocycles. The van der Waals surface area contributed by atoms with Gasteiger partial charge in [0.05, 0.1) is 13.2 Å². The maximum absolute atomic E-state index is 12.7. The van der Waals surface area contributed by atoms with Gasteiger partial charge < -0.3 is 9.47 Å². The Labute approximate surface area is 152 Å². The standard InChI is InChI=1S/C22H34O3/c1-14-15(2)20(5)8-7-17-19(3,4)22(24-11-12-25-22)10-9-21(17,6)18(20)13-16(14)23/h17-18H,7-13H2,1-6H3/t17-,18-,20-,21-/m0/s1. The van der Waals surface area contributed by atoms with Crippen LogP contribution in [-0.4, -0.2) is 24.8 Å². The van der Waals surface area contributed by atoms with E-state index in [2.05, 4.69) is 34.6 Å². The lowest BCUT2D eigenvalue weighted by Crippen LogP contribution is -2.64. The molecule has 3 aliphatic carbocycles. The first-order valence-electron chi connectivity index (χ1n) is 10.1. The minimum absolute atomic E-state index is 0.0228. The lowest BCUT2D eigenvalue weighted by molar-refractivity contribution is -0.300. The van der Waals surface area contributed by atoms with Crippen LogP contribution in [0.4, 0.5) is 0 Å². The van der Waals surface area contributed by atoms with E-state index in [1.165, 1.54) is 18.4 Å². The van der Waals surface area contributed by atoms with Crippen molar-refractivity contribution in [1.82, 2.24) is 0 Å². The molecular formula is C22H34O3.